The third-order valence-corrected chi connectivity index (χ3v) is 3.42. The van der Waals surface area contributed by atoms with Gasteiger partial charge in [-0.25, -0.2) is 0 Å². The van der Waals surface area contributed by atoms with Crippen molar-refractivity contribution in [3.63, 3.8) is 0 Å². The van der Waals surface area contributed by atoms with Crippen LogP contribution in [-0.2, 0) is 4.74 Å². The van der Waals surface area contributed by atoms with Crippen LogP contribution in [0, 0.1) is 0 Å². The molecule has 0 saturated carbocycles. The maximum Gasteiger partial charge on any atom is 0.161 e. The van der Waals surface area contributed by atoms with Gasteiger partial charge in [-0.05, 0) is 26.0 Å². The molecule has 1 saturated heterocycles. The molecule has 2 atom stereocenters. The maximum absolute atomic E-state index is 9.23. The van der Waals surface area contributed by atoms with Crippen LogP contribution in [0.1, 0.15) is 13.8 Å². The zero-order chi connectivity index (χ0) is 15.1. The lowest BCUT2D eigenvalue weighted by molar-refractivity contribution is -0.0965. The average molecular weight is 295 g/mol. The van der Waals surface area contributed by atoms with Crippen LogP contribution in [0.5, 0.6) is 11.5 Å². The summed E-state index contributed by atoms with van der Waals surface area (Å²) in [4.78, 5) is 2.26. The number of hydrogen-bond donors (Lipinski definition) is 1. The highest BCUT2D eigenvalue weighted by Crippen LogP contribution is 2.26. The van der Waals surface area contributed by atoms with E-state index in [0.29, 0.717) is 13.2 Å². The fourth-order valence-corrected chi connectivity index (χ4v) is 2.55. The van der Waals surface area contributed by atoms with Crippen molar-refractivity contribution in [1.29, 1.82) is 0 Å². The van der Waals surface area contributed by atoms with Gasteiger partial charge in [0.2, 0.25) is 0 Å². The van der Waals surface area contributed by atoms with Crippen LogP contribution in [0.4, 0.5) is 0 Å². The number of para-hydroxylation sites is 2. The summed E-state index contributed by atoms with van der Waals surface area (Å²) in [6.07, 6.45) is 0.0519. The summed E-state index contributed by atoms with van der Waals surface area (Å²) in [6, 6.07) is 7.71. The predicted octanol–water partition coefficient (Wildman–Crippen LogP) is 1.55. The van der Waals surface area contributed by atoms with E-state index in [4.69, 9.17) is 14.2 Å². The molecule has 0 radical (unpaired) electrons. The number of benzene rings is 1. The molecule has 2 unspecified atom stereocenters. The molecule has 0 spiro atoms. The van der Waals surface area contributed by atoms with Crippen molar-refractivity contribution in [2.24, 2.45) is 0 Å². The fourth-order valence-electron chi connectivity index (χ4n) is 2.55. The molecule has 2 rings (SSSR count). The minimum Gasteiger partial charge on any atom is -0.490 e. The summed E-state index contributed by atoms with van der Waals surface area (Å²) < 4.78 is 17.0. The molecule has 1 N–H and O–H groups in total. The summed E-state index contributed by atoms with van der Waals surface area (Å²) in [5.41, 5.74) is 0. The quantitative estimate of drug-likeness (QED) is 0.827. The number of aliphatic hydroxyl groups excluding tert-OH is 1. The number of hydrogen-bond acceptors (Lipinski definition) is 5. The number of ether oxygens (including phenoxy) is 3. The molecular weight excluding hydrogens is 270 g/mol. The second kappa shape index (κ2) is 8.22. The lowest BCUT2D eigenvalue weighted by Crippen LogP contribution is -2.49. The minimum atomic E-state index is -0.0931. The molecule has 1 heterocycles. The van der Waals surface area contributed by atoms with Gasteiger partial charge in [0.05, 0.1) is 25.4 Å². The molecule has 21 heavy (non-hydrogen) atoms. The molecule has 5 nitrogen and oxygen atoms in total. The van der Waals surface area contributed by atoms with E-state index in [1.54, 1.807) is 0 Å². The van der Waals surface area contributed by atoms with Crippen molar-refractivity contribution >= 4 is 0 Å². The molecule has 118 valence electrons. The Hall–Kier alpha value is -1.30. The highest BCUT2D eigenvalue weighted by atomic mass is 16.5. The third kappa shape index (κ3) is 4.88. The fraction of sp³-hybridized carbons (Fsp3) is 0.625. The SMILES string of the molecule is CCOc1ccccc1OCCN1CC(C)OC(CO)C1. The van der Waals surface area contributed by atoms with E-state index in [1.807, 2.05) is 38.1 Å². The van der Waals surface area contributed by atoms with E-state index in [2.05, 4.69) is 4.90 Å². The van der Waals surface area contributed by atoms with E-state index < -0.39 is 0 Å². The smallest absolute Gasteiger partial charge is 0.161 e. The second-order valence-electron chi connectivity index (χ2n) is 5.24. The van der Waals surface area contributed by atoms with E-state index in [0.717, 1.165) is 31.1 Å². The van der Waals surface area contributed by atoms with Crippen LogP contribution >= 0.6 is 0 Å². The zero-order valence-electron chi connectivity index (χ0n) is 12.8. The predicted molar refractivity (Wildman–Crippen MR) is 81.0 cm³/mol. The van der Waals surface area contributed by atoms with Gasteiger partial charge in [-0.1, -0.05) is 12.1 Å². The van der Waals surface area contributed by atoms with E-state index in [1.165, 1.54) is 0 Å². The average Bonchev–Trinajstić information content (AvgIpc) is 2.48. The second-order valence-corrected chi connectivity index (χ2v) is 5.24. The Labute approximate surface area is 126 Å². The van der Waals surface area contributed by atoms with E-state index >= 15 is 0 Å². The van der Waals surface area contributed by atoms with Gasteiger partial charge in [0, 0.05) is 19.6 Å². The van der Waals surface area contributed by atoms with Crippen molar-refractivity contribution in [2.45, 2.75) is 26.1 Å². The molecular formula is C16H25NO4. The summed E-state index contributed by atoms with van der Waals surface area (Å²) in [5, 5.41) is 9.23. The van der Waals surface area contributed by atoms with Gasteiger partial charge >= 0.3 is 0 Å². The summed E-state index contributed by atoms with van der Waals surface area (Å²) in [7, 11) is 0. The van der Waals surface area contributed by atoms with Gasteiger partial charge in [0.25, 0.3) is 0 Å². The molecule has 0 amide bonds. The number of rotatable bonds is 7. The van der Waals surface area contributed by atoms with E-state index in [9.17, 15) is 5.11 Å². The third-order valence-electron chi connectivity index (χ3n) is 3.42. The summed E-state index contributed by atoms with van der Waals surface area (Å²) in [5.74, 6) is 1.56. The number of nitrogens with zero attached hydrogens (tertiary/aromatic N) is 1. The normalized spacial score (nSPS) is 23.0. The maximum atomic E-state index is 9.23. The Kier molecular flexibility index (Phi) is 6.29. The Balaban J connectivity index is 1.81. The molecule has 5 heteroatoms. The van der Waals surface area contributed by atoms with Crippen LogP contribution in [-0.4, -0.2) is 61.7 Å². The number of aliphatic hydroxyl groups is 1. The van der Waals surface area contributed by atoms with Gasteiger partial charge in [0.1, 0.15) is 6.61 Å². The summed E-state index contributed by atoms with van der Waals surface area (Å²) >= 11 is 0. The standard InChI is InChI=1S/C16H25NO4/c1-3-19-15-6-4-5-7-16(15)20-9-8-17-10-13(2)21-14(11-17)12-18/h4-7,13-14,18H,3,8-12H2,1-2H3. The van der Waals surface area contributed by atoms with Gasteiger partial charge in [-0.3, -0.25) is 4.90 Å². The monoisotopic (exact) mass is 295 g/mol. The minimum absolute atomic E-state index is 0.0644. The van der Waals surface area contributed by atoms with Crippen LogP contribution in [0.25, 0.3) is 0 Å². The first kappa shape index (κ1) is 16.1. The Bertz CT molecular complexity index is 426. The molecule has 0 aliphatic carbocycles. The van der Waals surface area contributed by atoms with Gasteiger partial charge < -0.3 is 19.3 Å². The lowest BCUT2D eigenvalue weighted by atomic mass is 10.2. The Morgan fingerprint density at radius 1 is 1.24 bits per heavy atom. The van der Waals surface area contributed by atoms with Gasteiger partial charge in [-0.15, -0.1) is 0 Å². The highest BCUT2D eigenvalue weighted by Gasteiger charge is 2.24. The molecule has 1 aromatic rings. The molecule has 1 fully saturated rings. The first-order valence-electron chi connectivity index (χ1n) is 7.56. The van der Waals surface area contributed by atoms with Crippen molar-refractivity contribution in [3.8, 4) is 11.5 Å². The molecule has 0 aromatic heterocycles. The highest BCUT2D eigenvalue weighted by molar-refractivity contribution is 5.39. The van der Waals surface area contributed by atoms with Crippen LogP contribution < -0.4 is 9.47 Å². The first-order valence-corrected chi connectivity index (χ1v) is 7.56. The number of morpholine rings is 1. The van der Waals surface area contributed by atoms with Crippen molar-refractivity contribution in [3.05, 3.63) is 24.3 Å². The van der Waals surface area contributed by atoms with Crippen molar-refractivity contribution < 1.29 is 19.3 Å². The molecule has 1 aliphatic rings. The Morgan fingerprint density at radius 2 is 1.95 bits per heavy atom. The van der Waals surface area contributed by atoms with Crippen molar-refractivity contribution in [1.82, 2.24) is 4.90 Å². The molecule has 0 bridgehead atoms. The largest absolute Gasteiger partial charge is 0.490 e. The Morgan fingerprint density at radius 3 is 2.62 bits per heavy atom. The topological polar surface area (TPSA) is 51.2 Å². The van der Waals surface area contributed by atoms with Gasteiger partial charge in [-0.2, -0.15) is 0 Å². The van der Waals surface area contributed by atoms with Crippen molar-refractivity contribution in [2.75, 3.05) is 39.5 Å². The lowest BCUT2D eigenvalue weighted by Gasteiger charge is -2.35. The van der Waals surface area contributed by atoms with Crippen LogP contribution in [0.15, 0.2) is 24.3 Å². The molecule has 1 aliphatic heterocycles. The van der Waals surface area contributed by atoms with E-state index in [-0.39, 0.29) is 18.8 Å². The van der Waals surface area contributed by atoms with Crippen LogP contribution in [0.2, 0.25) is 0 Å². The summed E-state index contributed by atoms with van der Waals surface area (Å²) in [6.45, 7) is 7.69. The zero-order valence-corrected chi connectivity index (χ0v) is 12.8. The first-order chi connectivity index (χ1) is 10.2. The van der Waals surface area contributed by atoms with Gasteiger partial charge in [0.15, 0.2) is 11.5 Å². The molecule has 1 aromatic carbocycles. The van der Waals surface area contributed by atoms with Crippen LogP contribution in [0.3, 0.4) is 0 Å².